The van der Waals surface area contributed by atoms with Gasteiger partial charge in [0.15, 0.2) is 0 Å². The van der Waals surface area contributed by atoms with Gasteiger partial charge in [0.2, 0.25) is 0 Å². The molecule has 3 heteroatoms. The van der Waals surface area contributed by atoms with Gasteiger partial charge in [-0.25, -0.2) is 0 Å². The molecule has 3 unspecified atom stereocenters. The third-order valence-electron chi connectivity index (χ3n) is 7.40. The normalized spacial score (nSPS) is 41.6. The Morgan fingerprint density at radius 1 is 1.24 bits per heavy atom. The first-order valence-electron chi connectivity index (χ1n) is 9.01. The van der Waals surface area contributed by atoms with Crippen LogP contribution in [0.25, 0.3) is 0 Å². The summed E-state index contributed by atoms with van der Waals surface area (Å²) in [5.74, 6) is 0.569. The largest absolute Gasteiger partial charge is 0.377 e. The van der Waals surface area contributed by atoms with Crippen molar-refractivity contribution >= 4 is 0 Å². The maximum absolute atomic E-state index is 6.96. The van der Waals surface area contributed by atoms with Crippen LogP contribution in [0.15, 0.2) is 0 Å². The van der Waals surface area contributed by atoms with E-state index in [0.29, 0.717) is 17.4 Å². The summed E-state index contributed by atoms with van der Waals surface area (Å²) in [4.78, 5) is 2.65. The SMILES string of the molecule is CCC1(CC)CCN(CC2(N)C3CCCOC3C2(C)C)C1. The molecule has 3 atom stereocenters. The van der Waals surface area contributed by atoms with Crippen molar-refractivity contribution in [1.82, 2.24) is 4.90 Å². The minimum atomic E-state index is -0.0599. The summed E-state index contributed by atoms with van der Waals surface area (Å²) < 4.78 is 6.04. The molecule has 3 fully saturated rings. The highest BCUT2D eigenvalue weighted by atomic mass is 16.5. The van der Waals surface area contributed by atoms with Crippen molar-refractivity contribution in [3.63, 3.8) is 0 Å². The van der Waals surface area contributed by atoms with Gasteiger partial charge in [-0.15, -0.1) is 0 Å². The second kappa shape index (κ2) is 5.21. The molecule has 122 valence electrons. The predicted molar refractivity (Wildman–Crippen MR) is 87.2 cm³/mol. The molecule has 0 aromatic rings. The molecule has 0 amide bonds. The summed E-state index contributed by atoms with van der Waals surface area (Å²) >= 11 is 0. The van der Waals surface area contributed by atoms with Crippen LogP contribution in [0.1, 0.15) is 59.8 Å². The van der Waals surface area contributed by atoms with E-state index >= 15 is 0 Å². The van der Waals surface area contributed by atoms with Crippen molar-refractivity contribution in [2.45, 2.75) is 71.4 Å². The van der Waals surface area contributed by atoms with Crippen molar-refractivity contribution < 1.29 is 4.74 Å². The third-order valence-corrected chi connectivity index (χ3v) is 7.40. The lowest BCUT2D eigenvalue weighted by Crippen LogP contribution is -2.80. The molecule has 21 heavy (non-hydrogen) atoms. The van der Waals surface area contributed by atoms with Crippen molar-refractivity contribution in [2.24, 2.45) is 22.5 Å². The van der Waals surface area contributed by atoms with Gasteiger partial charge in [-0.1, -0.05) is 27.7 Å². The molecule has 0 aromatic heterocycles. The molecule has 1 saturated carbocycles. The smallest absolute Gasteiger partial charge is 0.0690 e. The van der Waals surface area contributed by atoms with Crippen molar-refractivity contribution in [2.75, 3.05) is 26.2 Å². The maximum atomic E-state index is 6.96. The molecule has 2 N–H and O–H groups in total. The Hall–Kier alpha value is -0.120. The van der Waals surface area contributed by atoms with Gasteiger partial charge >= 0.3 is 0 Å². The van der Waals surface area contributed by atoms with E-state index in [0.717, 1.165) is 13.2 Å². The molecule has 0 spiro atoms. The van der Waals surface area contributed by atoms with E-state index in [1.54, 1.807) is 0 Å². The van der Waals surface area contributed by atoms with Gasteiger partial charge < -0.3 is 15.4 Å². The number of hydrogen-bond acceptors (Lipinski definition) is 3. The summed E-state index contributed by atoms with van der Waals surface area (Å²) in [6.07, 6.45) is 6.78. The van der Waals surface area contributed by atoms with Crippen LogP contribution in [0.3, 0.4) is 0 Å². The third kappa shape index (κ3) is 2.19. The van der Waals surface area contributed by atoms with Crippen LogP contribution in [-0.4, -0.2) is 42.8 Å². The average molecular weight is 294 g/mol. The second-order valence-corrected chi connectivity index (χ2v) is 8.47. The Bertz CT molecular complexity index is 391. The highest BCUT2D eigenvalue weighted by Gasteiger charge is 2.66. The first-order chi connectivity index (χ1) is 9.88. The summed E-state index contributed by atoms with van der Waals surface area (Å²) in [6, 6.07) is 0. The Morgan fingerprint density at radius 2 is 1.95 bits per heavy atom. The standard InChI is InChI=1S/C18H34N2O/c1-5-17(6-2)9-10-20(12-17)13-18(19)14-8-7-11-21-15(14)16(18,3)4/h14-15H,5-13,19H2,1-4H3. The Labute approximate surface area is 130 Å². The lowest BCUT2D eigenvalue weighted by molar-refractivity contribution is -0.231. The van der Waals surface area contributed by atoms with E-state index in [9.17, 15) is 0 Å². The highest BCUT2D eigenvalue weighted by molar-refractivity contribution is 5.21. The van der Waals surface area contributed by atoms with Crippen LogP contribution >= 0.6 is 0 Å². The molecular weight excluding hydrogens is 260 g/mol. The van der Waals surface area contributed by atoms with Crippen LogP contribution in [-0.2, 0) is 4.74 Å². The van der Waals surface area contributed by atoms with E-state index in [2.05, 4.69) is 32.6 Å². The van der Waals surface area contributed by atoms with E-state index in [-0.39, 0.29) is 11.0 Å². The number of rotatable bonds is 4. The zero-order valence-electron chi connectivity index (χ0n) is 14.5. The highest BCUT2D eigenvalue weighted by Crippen LogP contribution is 2.58. The Kier molecular flexibility index (Phi) is 3.91. The van der Waals surface area contributed by atoms with E-state index in [1.165, 1.54) is 45.2 Å². The summed E-state index contributed by atoms with van der Waals surface area (Å²) in [6.45, 7) is 13.8. The van der Waals surface area contributed by atoms with Crippen molar-refractivity contribution in [1.29, 1.82) is 0 Å². The van der Waals surface area contributed by atoms with E-state index in [1.807, 2.05) is 0 Å². The van der Waals surface area contributed by atoms with Crippen LogP contribution in [0.5, 0.6) is 0 Å². The summed E-state index contributed by atoms with van der Waals surface area (Å²) in [5, 5.41) is 0. The number of likely N-dealkylation sites (tertiary alicyclic amines) is 1. The fourth-order valence-corrected chi connectivity index (χ4v) is 5.35. The second-order valence-electron chi connectivity index (χ2n) is 8.47. The van der Waals surface area contributed by atoms with E-state index < -0.39 is 0 Å². The topological polar surface area (TPSA) is 38.5 Å². The molecule has 3 nitrogen and oxygen atoms in total. The van der Waals surface area contributed by atoms with Crippen molar-refractivity contribution in [3.8, 4) is 0 Å². The van der Waals surface area contributed by atoms with Gasteiger partial charge in [0.25, 0.3) is 0 Å². The zero-order chi connectivity index (χ0) is 15.3. The minimum absolute atomic E-state index is 0.0599. The summed E-state index contributed by atoms with van der Waals surface area (Å²) in [5.41, 5.74) is 7.57. The van der Waals surface area contributed by atoms with Crippen LogP contribution < -0.4 is 5.73 Å². The summed E-state index contributed by atoms with van der Waals surface area (Å²) in [7, 11) is 0. The zero-order valence-corrected chi connectivity index (χ0v) is 14.5. The molecule has 2 aliphatic heterocycles. The van der Waals surface area contributed by atoms with Gasteiger partial charge in [0.05, 0.1) is 6.10 Å². The number of fused-ring (bicyclic) bond motifs is 1. The molecule has 2 heterocycles. The number of hydrogen-bond donors (Lipinski definition) is 1. The van der Waals surface area contributed by atoms with Crippen molar-refractivity contribution in [3.05, 3.63) is 0 Å². The molecule has 0 aromatic carbocycles. The molecule has 2 saturated heterocycles. The van der Waals surface area contributed by atoms with Crippen LogP contribution in [0.4, 0.5) is 0 Å². The molecule has 3 aliphatic rings. The Balaban J connectivity index is 1.70. The first kappa shape index (κ1) is 15.8. The van der Waals surface area contributed by atoms with Gasteiger partial charge in [-0.3, -0.25) is 0 Å². The Morgan fingerprint density at radius 3 is 2.57 bits per heavy atom. The average Bonchev–Trinajstić information content (AvgIpc) is 2.91. The maximum Gasteiger partial charge on any atom is 0.0690 e. The van der Waals surface area contributed by atoms with Crippen LogP contribution in [0, 0.1) is 16.7 Å². The molecule has 1 aliphatic carbocycles. The molecule has 0 bridgehead atoms. The monoisotopic (exact) mass is 294 g/mol. The quantitative estimate of drug-likeness (QED) is 0.866. The van der Waals surface area contributed by atoms with Gasteiger partial charge in [0.1, 0.15) is 0 Å². The molecular formula is C18H34N2O. The van der Waals surface area contributed by atoms with Gasteiger partial charge in [-0.2, -0.15) is 0 Å². The van der Waals surface area contributed by atoms with Crippen LogP contribution in [0.2, 0.25) is 0 Å². The first-order valence-corrected chi connectivity index (χ1v) is 9.01. The van der Waals surface area contributed by atoms with Gasteiger partial charge in [-0.05, 0) is 44.1 Å². The van der Waals surface area contributed by atoms with Gasteiger partial charge in [0, 0.05) is 36.6 Å². The fourth-order valence-electron chi connectivity index (χ4n) is 5.35. The number of nitrogens with zero attached hydrogens (tertiary/aromatic N) is 1. The lowest BCUT2D eigenvalue weighted by Gasteiger charge is -2.67. The van der Waals surface area contributed by atoms with E-state index in [4.69, 9.17) is 10.5 Å². The predicted octanol–water partition coefficient (Wildman–Crippen LogP) is 3.03. The molecule has 0 radical (unpaired) electrons. The number of nitrogens with two attached hydrogens (primary N) is 1. The minimum Gasteiger partial charge on any atom is -0.377 e. The molecule has 3 rings (SSSR count). The number of ether oxygens (including phenoxy) is 1. The fraction of sp³-hybridized carbons (Fsp3) is 1.00. The lowest BCUT2D eigenvalue weighted by atomic mass is 9.46.